The molecule has 3 atom stereocenters. The number of likely N-dealkylation sites (N-methyl/N-ethyl adjacent to an activating group) is 1. The summed E-state index contributed by atoms with van der Waals surface area (Å²) >= 11 is 0. The Kier molecular flexibility index (Phi) is 52.4. The molecule has 0 bridgehead atoms. The van der Waals surface area contributed by atoms with E-state index in [4.69, 9.17) is 13.8 Å². The van der Waals surface area contributed by atoms with Crippen molar-refractivity contribution in [2.24, 2.45) is 0 Å². The number of phosphoric ester groups is 1. The van der Waals surface area contributed by atoms with Gasteiger partial charge < -0.3 is 19.4 Å². The van der Waals surface area contributed by atoms with Gasteiger partial charge >= 0.3 is 13.8 Å². The number of esters is 1. The fourth-order valence-electron chi connectivity index (χ4n) is 8.82. The van der Waals surface area contributed by atoms with Gasteiger partial charge in [0.25, 0.3) is 0 Å². The van der Waals surface area contributed by atoms with Gasteiger partial charge in [0.2, 0.25) is 5.91 Å². The highest BCUT2D eigenvalue weighted by Crippen LogP contribution is 2.43. The van der Waals surface area contributed by atoms with Crippen molar-refractivity contribution in [1.82, 2.24) is 5.32 Å². The Labute approximate surface area is 458 Å². The standard InChI is InChI=1S/C64H119N2O7P/c1-7-10-13-16-19-22-25-28-30-31-32-33-34-35-37-38-41-44-47-50-53-56-63(67)65-61(60-72-74(69,70)71-59-58-66(4,5)6)62(55-52-49-46-43-40-27-24-21-18-15-12-9-3)73-64(68)57-54-51-48-45-42-39-36-29-26-23-20-17-14-11-8-2/h19,22-23,26,28,30,32-33,52,55,61-62H,7-18,20-21,24-25,27,29,31,34-51,53-54,56-60H2,1-6H3,(H-,65,67,69,70)/p+1/b22-19-,26-23-,30-28-,33-32-,55-52-. The molecule has 3 unspecified atom stereocenters. The number of nitrogens with zero attached hydrogens (tertiary/aromatic N) is 1. The van der Waals surface area contributed by atoms with E-state index in [9.17, 15) is 19.0 Å². The topological polar surface area (TPSA) is 111 Å². The maximum atomic E-state index is 13.5. The molecule has 2 N–H and O–H groups in total. The highest BCUT2D eigenvalue weighted by atomic mass is 31.2. The molecule has 9 nitrogen and oxygen atoms in total. The SMILES string of the molecule is CCCCC/C=C\C/C=C\C/C=C\CCCCCCCCCCC(=O)NC(COP(=O)(O)OCC[N+](C)(C)C)C(/C=C\CCCCCCCCCCCC)OC(=O)CCCCCCCCC/C=C\CCCCCC. The number of amides is 1. The van der Waals surface area contributed by atoms with Gasteiger partial charge in [-0.2, -0.15) is 0 Å². The van der Waals surface area contributed by atoms with Gasteiger partial charge in [-0.1, -0.05) is 236 Å². The first-order valence-electron chi connectivity index (χ1n) is 31.1. The molecule has 0 aliphatic heterocycles. The Balaban J connectivity index is 5.25. The van der Waals surface area contributed by atoms with Crippen LogP contribution in [0.4, 0.5) is 0 Å². The smallest absolute Gasteiger partial charge is 0.456 e. The third-order valence-electron chi connectivity index (χ3n) is 13.7. The van der Waals surface area contributed by atoms with Gasteiger partial charge in [0, 0.05) is 12.8 Å². The Bertz CT molecular complexity index is 1450. The summed E-state index contributed by atoms with van der Waals surface area (Å²) in [6.45, 7) is 6.98. The van der Waals surface area contributed by atoms with E-state index in [0.717, 1.165) is 89.9 Å². The molecule has 0 aromatic heterocycles. The molecule has 0 rings (SSSR count). The number of phosphoric acid groups is 1. The van der Waals surface area contributed by atoms with E-state index in [-0.39, 0.29) is 31.5 Å². The summed E-state index contributed by atoms with van der Waals surface area (Å²) in [6.07, 6.45) is 67.8. The van der Waals surface area contributed by atoms with Gasteiger partial charge in [-0.25, -0.2) is 4.57 Å². The van der Waals surface area contributed by atoms with Crippen molar-refractivity contribution >= 4 is 19.7 Å². The monoisotopic (exact) mass is 1060 g/mol. The van der Waals surface area contributed by atoms with Gasteiger partial charge in [-0.15, -0.1) is 0 Å². The molecule has 432 valence electrons. The Morgan fingerprint density at radius 3 is 1.28 bits per heavy atom. The minimum atomic E-state index is -4.45. The second-order valence-electron chi connectivity index (χ2n) is 22.2. The van der Waals surface area contributed by atoms with Crippen LogP contribution in [0.25, 0.3) is 0 Å². The number of hydrogen-bond donors (Lipinski definition) is 2. The maximum absolute atomic E-state index is 13.5. The van der Waals surface area contributed by atoms with Crippen molar-refractivity contribution in [1.29, 1.82) is 0 Å². The molecular weight excluding hydrogens is 940 g/mol. The van der Waals surface area contributed by atoms with Crippen LogP contribution in [0.3, 0.4) is 0 Å². The van der Waals surface area contributed by atoms with Crippen molar-refractivity contribution in [2.75, 3.05) is 40.9 Å². The molecule has 0 aromatic carbocycles. The van der Waals surface area contributed by atoms with Crippen LogP contribution in [0.1, 0.15) is 284 Å². The molecule has 0 heterocycles. The molecule has 0 radical (unpaired) electrons. The van der Waals surface area contributed by atoms with E-state index in [1.165, 1.54) is 161 Å². The number of quaternary nitrogens is 1. The summed E-state index contributed by atoms with van der Waals surface area (Å²) in [5, 5.41) is 3.05. The lowest BCUT2D eigenvalue weighted by Gasteiger charge is -2.27. The summed E-state index contributed by atoms with van der Waals surface area (Å²) in [5.74, 6) is -0.514. The van der Waals surface area contributed by atoms with E-state index < -0.39 is 20.0 Å². The number of ether oxygens (including phenoxy) is 1. The van der Waals surface area contributed by atoms with Gasteiger partial charge in [0.1, 0.15) is 19.3 Å². The molecule has 0 saturated heterocycles. The summed E-state index contributed by atoms with van der Waals surface area (Å²) < 4.78 is 30.7. The first-order valence-corrected chi connectivity index (χ1v) is 32.6. The Morgan fingerprint density at radius 2 is 0.824 bits per heavy atom. The molecule has 0 saturated carbocycles. The van der Waals surface area contributed by atoms with Gasteiger partial charge in [0.15, 0.2) is 0 Å². The minimum absolute atomic E-state index is 0.0371. The molecule has 0 aliphatic carbocycles. The van der Waals surface area contributed by atoms with E-state index in [2.05, 4.69) is 74.7 Å². The number of nitrogens with one attached hydrogen (secondary N) is 1. The third kappa shape index (κ3) is 54.5. The van der Waals surface area contributed by atoms with Crippen LogP contribution in [0.2, 0.25) is 0 Å². The molecule has 0 fully saturated rings. The predicted molar refractivity (Wildman–Crippen MR) is 318 cm³/mol. The number of carbonyl (C=O) groups excluding carboxylic acids is 2. The summed E-state index contributed by atoms with van der Waals surface area (Å²) in [7, 11) is 1.49. The summed E-state index contributed by atoms with van der Waals surface area (Å²) in [6, 6.07) is -0.854. The van der Waals surface area contributed by atoms with Crippen LogP contribution in [-0.4, -0.2) is 74.3 Å². The highest BCUT2D eigenvalue weighted by Gasteiger charge is 2.30. The molecule has 10 heteroatoms. The maximum Gasteiger partial charge on any atom is 0.472 e. The van der Waals surface area contributed by atoms with Crippen LogP contribution in [-0.2, 0) is 27.9 Å². The minimum Gasteiger partial charge on any atom is -0.456 e. The zero-order valence-corrected chi connectivity index (χ0v) is 50.2. The quantitative estimate of drug-likeness (QED) is 0.0205. The van der Waals surface area contributed by atoms with Crippen LogP contribution in [0, 0.1) is 0 Å². The largest absolute Gasteiger partial charge is 0.472 e. The van der Waals surface area contributed by atoms with Crippen molar-refractivity contribution in [3.05, 3.63) is 60.8 Å². The highest BCUT2D eigenvalue weighted by molar-refractivity contribution is 7.47. The van der Waals surface area contributed by atoms with E-state index in [0.29, 0.717) is 17.4 Å². The van der Waals surface area contributed by atoms with E-state index in [1.54, 1.807) is 0 Å². The fourth-order valence-corrected chi connectivity index (χ4v) is 9.56. The fraction of sp³-hybridized carbons (Fsp3) is 0.812. The van der Waals surface area contributed by atoms with Gasteiger partial charge in [-0.3, -0.25) is 18.6 Å². The number of rotatable bonds is 56. The number of hydrogen-bond acceptors (Lipinski definition) is 6. The number of carbonyl (C=O) groups is 2. The van der Waals surface area contributed by atoms with Crippen LogP contribution in [0.5, 0.6) is 0 Å². The van der Waals surface area contributed by atoms with Gasteiger partial charge in [0.05, 0.1) is 33.8 Å². The van der Waals surface area contributed by atoms with E-state index >= 15 is 0 Å². The van der Waals surface area contributed by atoms with Crippen molar-refractivity contribution < 1.29 is 37.3 Å². The average molecular weight is 1060 g/mol. The third-order valence-corrected chi connectivity index (χ3v) is 14.7. The first-order chi connectivity index (χ1) is 35.9. The molecule has 0 aliphatic rings. The van der Waals surface area contributed by atoms with Crippen molar-refractivity contribution in [3.63, 3.8) is 0 Å². The van der Waals surface area contributed by atoms with Crippen molar-refractivity contribution in [3.8, 4) is 0 Å². The first kappa shape index (κ1) is 71.7. The lowest BCUT2D eigenvalue weighted by atomic mass is 10.0. The Morgan fingerprint density at radius 1 is 0.473 bits per heavy atom. The molecule has 0 spiro atoms. The number of allylic oxidation sites excluding steroid dienone is 9. The summed E-state index contributed by atoms with van der Waals surface area (Å²) in [5.41, 5.74) is 0. The second kappa shape index (κ2) is 54.1. The zero-order valence-electron chi connectivity index (χ0n) is 49.3. The summed E-state index contributed by atoms with van der Waals surface area (Å²) in [4.78, 5) is 37.7. The molecule has 1 amide bonds. The van der Waals surface area contributed by atoms with Crippen LogP contribution < -0.4 is 5.32 Å². The number of unbranched alkanes of at least 4 members (excludes halogenated alkanes) is 32. The molecule has 0 aromatic rings. The van der Waals surface area contributed by atoms with Crippen LogP contribution >= 0.6 is 7.82 Å². The average Bonchev–Trinajstić information content (AvgIpc) is 3.36. The Hall–Kier alpha value is -2.29. The molecule has 74 heavy (non-hydrogen) atoms. The van der Waals surface area contributed by atoms with Crippen molar-refractivity contribution in [2.45, 2.75) is 296 Å². The lowest BCUT2D eigenvalue weighted by molar-refractivity contribution is -0.870. The van der Waals surface area contributed by atoms with Gasteiger partial charge in [-0.05, 0) is 96.0 Å². The predicted octanol–water partition coefficient (Wildman–Crippen LogP) is 19.1. The lowest BCUT2D eigenvalue weighted by Crippen LogP contribution is -2.47. The zero-order chi connectivity index (χ0) is 54.3. The second-order valence-corrected chi connectivity index (χ2v) is 23.7. The van der Waals surface area contributed by atoms with E-state index in [1.807, 2.05) is 33.3 Å². The molecular formula is C64H120N2O7P+. The normalized spacial score (nSPS) is 14.1. The van der Waals surface area contributed by atoms with Crippen LogP contribution in [0.15, 0.2) is 60.8 Å².